The molecule has 0 bridgehead atoms. The number of imidazole rings is 1. The van der Waals surface area contributed by atoms with Crippen LogP contribution in [0.1, 0.15) is 6.92 Å². The zero-order chi connectivity index (χ0) is 16.5. The third-order valence-electron chi connectivity index (χ3n) is 3.70. The Hall–Kier alpha value is -2.87. The number of aromatic nitrogens is 5. The van der Waals surface area contributed by atoms with E-state index in [1.807, 2.05) is 37.4 Å². The monoisotopic (exact) mass is 338 g/mol. The van der Waals surface area contributed by atoms with Gasteiger partial charge in [-0.1, -0.05) is 17.8 Å². The number of rotatable bonds is 4. The summed E-state index contributed by atoms with van der Waals surface area (Å²) in [5.74, 6) is -0.0834. The first-order valence-electron chi connectivity index (χ1n) is 7.40. The molecule has 0 saturated carbocycles. The number of H-pyrrole nitrogens is 2. The van der Waals surface area contributed by atoms with Gasteiger partial charge in [-0.3, -0.25) is 4.79 Å². The summed E-state index contributed by atoms with van der Waals surface area (Å²) in [7, 11) is 0. The minimum absolute atomic E-state index is 0.0834. The largest absolute Gasteiger partial charge is 0.361 e. The second-order valence-electron chi connectivity index (χ2n) is 5.27. The van der Waals surface area contributed by atoms with Gasteiger partial charge in [0, 0.05) is 17.1 Å². The molecule has 3 N–H and O–H groups in total. The lowest BCUT2D eigenvalue weighted by molar-refractivity contribution is -0.115. The molecule has 0 spiro atoms. The molecule has 3 aromatic heterocycles. The van der Waals surface area contributed by atoms with E-state index in [2.05, 4.69) is 30.2 Å². The average molecular weight is 338 g/mol. The van der Waals surface area contributed by atoms with Crippen molar-refractivity contribution in [2.75, 3.05) is 5.32 Å². The molecule has 0 aliphatic carbocycles. The molecule has 0 aliphatic rings. The van der Waals surface area contributed by atoms with E-state index >= 15 is 0 Å². The van der Waals surface area contributed by atoms with E-state index in [-0.39, 0.29) is 11.2 Å². The third kappa shape index (κ3) is 2.61. The lowest BCUT2D eigenvalue weighted by Crippen LogP contribution is -2.22. The lowest BCUT2D eigenvalue weighted by atomic mass is 10.2. The number of fused-ring (bicyclic) bond motifs is 2. The van der Waals surface area contributed by atoms with Gasteiger partial charge in [-0.15, -0.1) is 0 Å². The Morgan fingerprint density at radius 2 is 2.12 bits per heavy atom. The molecule has 120 valence electrons. The van der Waals surface area contributed by atoms with Gasteiger partial charge in [0.15, 0.2) is 5.65 Å². The molecular formula is C16H14N6OS. The van der Waals surface area contributed by atoms with E-state index in [0.717, 1.165) is 22.1 Å². The second-order valence-corrected chi connectivity index (χ2v) is 6.60. The van der Waals surface area contributed by atoms with Crippen molar-refractivity contribution in [3.63, 3.8) is 0 Å². The fourth-order valence-corrected chi connectivity index (χ4v) is 3.36. The van der Waals surface area contributed by atoms with Gasteiger partial charge >= 0.3 is 0 Å². The molecule has 0 unspecified atom stereocenters. The molecule has 0 saturated heterocycles. The van der Waals surface area contributed by atoms with Gasteiger partial charge in [0.2, 0.25) is 5.91 Å². The summed E-state index contributed by atoms with van der Waals surface area (Å²) in [5.41, 5.74) is 3.12. The molecule has 8 heteroatoms. The lowest BCUT2D eigenvalue weighted by Gasteiger charge is -2.12. The number of hydrogen-bond donors (Lipinski definition) is 3. The molecule has 1 aromatic carbocycles. The van der Waals surface area contributed by atoms with Crippen LogP contribution in [0.5, 0.6) is 0 Å². The van der Waals surface area contributed by atoms with Crippen LogP contribution in [0.4, 0.5) is 5.69 Å². The van der Waals surface area contributed by atoms with Gasteiger partial charge in [0.25, 0.3) is 0 Å². The molecule has 1 atom stereocenters. The van der Waals surface area contributed by atoms with Gasteiger partial charge in [-0.05, 0) is 25.1 Å². The molecule has 4 aromatic rings. The highest BCUT2D eigenvalue weighted by atomic mass is 32.2. The Bertz CT molecular complexity index is 1020. The topological polar surface area (TPSA) is 99.3 Å². The Labute approximate surface area is 141 Å². The number of carbonyl (C=O) groups is 1. The molecule has 24 heavy (non-hydrogen) atoms. The van der Waals surface area contributed by atoms with Crippen LogP contribution >= 0.6 is 11.8 Å². The SMILES string of the molecule is C[C@@H](Sc1ncnc2nc[nH]c12)C(=O)Nc1cccc2[nH]ccc12. The summed E-state index contributed by atoms with van der Waals surface area (Å²) < 4.78 is 0. The number of anilines is 1. The van der Waals surface area contributed by atoms with Crippen molar-refractivity contribution in [2.24, 2.45) is 0 Å². The van der Waals surface area contributed by atoms with Gasteiger partial charge < -0.3 is 15.3 Å². The number of benzene rings is 1. The molecule has 7 nitrogen and oxygen atoms in total. The molecular weight excluding hydrogens is 324 g/mol. The molecule has 3 heterocycles. The number of aromatic amines is 2. The number of nitrogens with zero attached hydrogens (tertiary/aromatic N) is 3. The summed E-state index contributed by atoms with van der Waals surface area (Å²) in [4.78, 5) is 31.1. The Morgan fingerprint density at radius 1 is 1.21 bits per heavy atom. The average Bonchev–Trinajstić information content (AvgIpc) is 3.24. The predicted molar refractivity (Wildman–Crippen MR) is 93.9 cm³/mol. The van der Waals surface area contributed by atoms with E-state index in [4.69, 9.17) is 0 Å². The van der Waals surface area contributed by atoms with Crippen LogP contribution < -0.4 is 5.32 Å². The Morgan fingerprint density at radius 3 is 3.04 bits per heavy atom. The molecule has 0 aliphatic heterocycles. The minimum Gasteiger partial charge on any atom is -0.361 e. The van der Waals surface area contributed by atoms with Crippen molar-refractivity contribution in [2.45, 2.75) is 17.2 Å². The van der Waals surface area contributed by atoms with Crippen molar-refractivity contribution in [3.05, 3.63) is 43.1 Å². The van der Waals surface area contributed by atoms with E-state index < -0.39 is 0 Å². The maximum atomic E-state index is 12.5. The zero-order valence-corrected chi connectivity index (χ0v) is 13.6. The summed E-state index contributed by atoms with van der Waals surface area (Å²) >= 11 is 1.37. The van der Waals surface area contributed by atoms with Crippen molar-refractivity contribution in [3.8, 4) is 0 Å². The Balaban J connectivity index is 1.54. The number of amides is 1. The van der Waals surface area contributed by atoms with Crippen LogP contribution in [0.25, 0.3) is 22.1 Å². The standard InChI is InChI=1S/C16H14N6OS/c1-9(24-16-13-14(19-7-18-13)20-8-21-16)15(23)22-12-4-2-3-11-10(12)5-6-17-11/h2-9,17H,1H3,(H,22,23)(H,18,19,20,21)/t9-/m1/s1. The van der Waals surface area contributed by atoms with E-state index in [1.165, 1.54) is 18.1 Å². The third-order valence-corrected chi connectivity index (χ3v) is 4.80. The van der Waals surface area contributed by atoms with Gasteiger partial charge in [-0.2, -0.15) is 0 Å². The predicted octanol–water partition coefficient (Wildman–Crippen LogP) is 2.95. The molecule has 1 amide bonds. The van der Waals surface area contributed by atoms with E-state index in [0.29, 0.717) is 10.7 Å². The normalized spacial score (nSPS) is 12.5. The Kier molecular flexibility index (Phi) is 3.66. The van der Waals surface area contributed by atoms with Crippen molar-refractivity contribution in [1.29, 1.82) is 0 Å². The van der Waals surface area contributed by atoms with Crippen LogP contribution in [0.15, 0.2) is 48.1 Å². The maximum absolute atomic E-state index is 12.5. The first kappa shape index (κ1) is 14.7. The fourth-order valence-electron chi connectivity index (χ4n) is 2.48. The maximum Gasteiger partial charge on any atom is 0.237 e. The van der Waals surface area contributed by atoms with Gasteiger partial charge in [-0.25, -0.2) is 15.0 Å². The van der Waals surface area contributed by atoms with Crippen molar-refractivity contribution >= 4 is 45.4 Å². The summed E-state index contributed by atoms with van der Waals surface area (Å²) in [6.45, 7) is 1.85. The van der Waals surface area contributed by atoms with Crippen LogP contribution in [0, 0.1) is 0 Å². The molecule has 4 rings (SSSR count). The first-order valence-corrected chi connectivity index (χ1v) is 8.28. The summed E-state index contributed by atoms with van der Waals surface area (Å²) in [6, 6.07) is 7.72. The second kappa shape index (κ2) is 5.97. The van der Waals surface area contributed by atoms with Crippen LogP contribution in [0.2, 0.25) is 0 Å². The van der Waals surface area contributed by atoms with Gasteiger partial charge in [0.05, 0.1) is 17.3 Å². The van der Waals surface area contributed by atoms with Gasteiger partial charge in [0.1, 0.15) is 16.9 Å². The smallest absolute Gasteiger partial charge is 0.237 e. The van der Waals surface area contributed by atoms with E-state index in [9.17, 15) is 4.79 Å². The van der Waals surface area contributed by atoms with Crippen LogP contribution in [-0.4, -0.2) is 36.1 Å². The van der Waals surface area contributed by atoms with Crippen molar-refractivity contribution in [1.82, 2.24) is 24.9 Å². The molecule has 0 radical (unpaired) electrons. The van der Waals surface area contributed by atoms with Crippen LogP contribution in [-0.2, 0) is 4.79 Å². The van der Waals surface area contributed by atoms with Crippen LogP contribution in [0.3, 0.4) is 0 Å². The summed E-state index contributed by atoms with van der Waals surface area (Å²) in [6.07, 6.45) is 4.88. The quantitative estimate of drug-likeness (QED) is 0.392. The minimum atomic E-state index is -0.319. The summed E-state index contributed by atoms with van der Waals surface area (Å²) in [5, 5.41) is 4.36. The van der Waals surface area contributed by atoms with Crippen molar-refractivity contribution < 1.29 is 4.79 Å². The highest BCUT2D eigenvalue weighted by molar-refractivity contribution is 8.00. The fraction of sp³-hybridized carbons (Fsp3) is 0.125. The zero-order valence-electron chi connectivity index (χ0n) is 12.8. The number of nitrogens with one attached hydrogen (secondary N) is 3. The number of hydrogen-bond acceptors (Lipinski definition) is 5. The highest BCUT2D eigenvalue weighted by Gasteiger charge is 2.18. The van der Waals surface area contributed by atoms with E-state index in [1.54, 1.807) is 6.33 Å². The first-order chi connectivity index (χ1) is 11.7. The molecule has 0 fully saturated rings. The number of carbonyl (C=O) groups excluding carboxylic acids is 1. The number of thioether (sulfide) groups is 1. The highest BCUT2D eigenvalue weighted by Crippen LogP contribution is 2.28.